The van der Waals surface area contributed by atoms with Gasteiger partial charge in [0.1, 0.15) is 0 Å². The largest absolute Gasteiger partial charge is 0.310 e. The SMILES string of the molecule is C1=CC(n2c3ccccc3c3cc(-c4ccc5c(c4)c4cc(-c6ccc7c(c6)c6ccccc6n7C6=CCCC=C6)ccc4n5-c4ccccc4)ccc32)=CCC1. The third kappa shape index (κ3) is 4.98. The highest BCUT2D eigenvalue weighted by Crippen LogP contribution is 2.41. The van der Waals surface area contributed by atoms with Crippen molar-refractivity contribution in [1.29, 1.82) is 0 Å². The molecule has 0 aliphatic heterocycles. The highest BCUT2D eigenvalue weighted by molar-refractivity contribution is 6.15. The molecular formula is C54H39N3. The molecule has 0 saturated carbocycles. The molecular weight excluding hydrogens is 691 g/mol. The van der Waals surface area contributed by atoms with Gasteiger partial charge in [0.05, 0.1) is 33.1 Å². The summed E-state index contributed by atoms with van der Waals surface area (Å²) in [6.45, 7) is 0. The van der Waals surface area contributed by atoms with Crippen LogP contribution in [-0.2, 0) is 0 Å². The second-order valence-electron chi connectivity index (χ2n) is 15.5. The first-order valence-electron chi connectivity index (χ1n) is 20.2. The summed E-state index contributed by atoms with van der Waals surface area (Å²) < 4.78 is 7.28. The molecule has 0 amide bonds. The summed E-state index contributed by atoms with van der Waals surface area (Å²) in [5.41, 5.74) is 16.0. The van der Waals surface area contributed by atoms with Gasteiger partial charge >= 0.3 is 0 Å². The number of para-hydroxylation sites is 3. The van der Waals surface area contributed by atoms with Gasteiger partial charge in [-0.15, -0.1) is 0 Å². The van der Waals surface area contributed by atoms with Gasteiger partial charge in [-0.3, -0.25) is 0 Å². The van der Waals surface area contributed by atoms with Crippen molar-refractivity contribution in [2.24, 2.45) is 0 Å². The molecule has 57 heavy (non-hydrogen) atoms. The number of aromatic nitrogens is 3. The molecule has 3 aromatic heterocycles. The second-order valence-corrected chi connectivity index (χ2v) is 15.5. The average molecular weight is 730 g/mol. The first-order chi connectivity index (χ1) is 28.3. The highest BCUT2D eigenvalue weighted by atomic mass is 15.0. The van der Waals surface area contributed by atoms with Crippen LogP contribution < -0.4 is 0 Å². The van der Waals surface area contributed by atoms with Crippen molar-refractivity contribution in [3.05, 3.63) is 188 Å². The molecule has 0 fully saturated rings. The molecule has 10 aromatic rings. The number of benzene rings is 7. The summed E-state index contributed by atoms with van der Waals surface area (Å²) in [6.07, 6.45) is 18.2. The van der Waals surface area contributed by atoms with Crippen LogP contribution in [0.1, 0.15) is 25.7 Å². The van der Waals surface area contributed by atoms with Crippen LogP contribution in [0.2, 0.25) is 0 Å². The van der Waals surface area contributed by atoms with Crippen LogP contribution in [0.25, 0.3) is 105 Å². The summed E-state index contributed by atoms with van der Waals surface area (Å²) in [7, 11) is 0. The molecule has 12 rings (SSSR count). The maximum Gasteiger partial charge on any atom is 0.0541 e. The highest BCUT2D eigenvalue weighted by Gasteiger charge is 2.19. The number of hydrogen-bond donors (Lipinski definition) is 0. The number of fused-ring (bicyclic) bond motifs is 9. The van der Waals surface area contributed by atoms with Crippen LogP contribution in [-0.4, -0.2) is 13.7 Å². The van der Waals surface area contributed by atoms with Crippen molar-refractivity contribution in [2.45, 2.75) is 25.7 Å². The maximum atomic E-state index is 2.43. The molecule has 2 aliphatic carbocycles. The molecule has 270 valence electrons. The number of rotatable bonds is 5. The molecule has 0 N–H and O–H groups in total. The van der Waals surface area contributed by atoms with Crippen LogP contribution in [0.15, 0.2) is 188 Å². The van der Waals surface area contributed by atoms with E-state index in [2.05, 4.69) is 202 Å². The maximum absolute atomic E-state index is 2.43. The Morgan fingerprint density at radius 3 is 1.09 bits per heavy atom. The summed E-state index contributed by atoms with van der Waals surface area (Å²) in [6, 6.07) is 56.5. The molecule has 7 aromatic carbocycles. The third-order valence-electron chi connectivity index (χ3n) is 12.3. The van der Waals surface area contributed by atoms with Crippen LogP contribution in [0.3, 0.4) is 0 Å². The van der Waals surface area contributed by atoms with Gasteiger partial charge in [0.15, 0.2) is 0 Å². The van der Waals surface area contributed by atoms with Gasteiger partial charge in [-0.05, 0) is 133 Å². The minimum atomic E-state index is 1.07. The van der Waals surface area contributed by atoms with Gasteiger partial charge < -0.3 is 13.7 Å². The molecule has 0 atom stereocenters. The Morgan fingerprint density at radius 2 is 0.667 bits per heavy atom. The van der Waals surface area contributed by atoms with Crippen molar-refractivity contribution in [3.63, 3.8) is 0 Å². The number of hydrogen-bond acceptors (Lipinski definition) is 0. The summed E-state index contributed by atoms with van der Waals surface area (Å²) in [5, 5.41) is 7.64. The molecule has 0 bridgehead atoms. The Balaban J connectivity index is 1.04. The standard InChI is InChI=1S/C54H39N3/c1-4-14-40(15-5-1)55-49-22-12-10-20-43(49)45-32-36(24-28-51(45)55)38-26-30-53-47(34-38)48-35-39(27-31-54(48)57(53)42-18-8-3-9-19-42)37-25-29-52-46(33-37)44-21-11-13-23-50(44)56(52)41-16-6-2-7-17-41/h3-4,6,8-35H,1-2,5,7H2. The second kappa shape index (κ2) is 12.7. The van der Waals surface area contributed by atoms with Crippen molar-refractivity contribution >= 4 is 76.8 Å². The van der Waals surface area contributed by atoms with Crippen molar-refractivity contribution in [2.75, 3.05) is 0 Å². The molecule has 0 saturated heterocycles. The number of nitrogens with zero attached hydrogens (tertiary/aromatic N) is 3. The van der Waals surface area contributed by atoms with E-state index in [1.807, 2.05) is 0 Å². The van der Waals surface area contributed by atoms with Crippen LogP contribution in [0.4, 0.5) is 0 Å². The molecule has 3 heterocycles. The smallest absolute Gasteiger partial charge is 0.0541 e. The minimum absolute atomic E-state index is 1.07. The summed E-state index contributed by atoms with van der Waals surface area (Å²) >= 11 is 0. The molecule has 3 nitrogen and oxygen atoms in total. The van der Waals surface area contributed by atoms with E-state index in [1.165, 1.54) is 105 Å². The van der Waals surface area contributed by atoms with E-state index >= 15 is 0 Å². The Kier molecular flexibility index (Phi) is 7.18. The van der Waals surface area contributed by atoms with E-state index in [1.54, 1.807) is 0 Å². The fourth-order valence-corrected chi connectivity index (χ4v) is 9.63. The average Bonchev–Trinajstić information content (AvgIpc) is 3.92. The Labute approximate surface area is 331 Å². The molecule has 2 aliphatic rings. The van der Waals surface area contributed by atoms with Gasteiger partial charge in [0.2, 0.25) is 0 Å². The summed E-state index contributed by atoms with van der Waals surface area (Å²) in [4.78, 5) is 0. The van der Waals surface area contributed by atoms with Gasteiger partial charge in [-0.1, -0.05) is 103 Å². The topological polar surface area (TPSA) is 14.8 Å². The van der Waals surface area contributed by atoms with Crippen molar-refractivity contribution < 1.29 is 0 Å². The first kappa shape index (κ1) is 32.2. The van der Waals surface area contributed by atoms with Gasteiger partial charge in [-0.2, -0.15) is 0 Å². The van der Waals surface area contributed by atoms with Gasteiger partial charge in [-0.25, -0.2) is 0 Å². The lowest BCUT2D eigenvalue weighted by Crippen LogP contribution is -1.96. The van der Waals surface area contributed by atoms with Crippen LogP contribution in [0, 0.1) is 0 Å². The van der Waals surface area contributed by atoms with E-state index in [-0.39, 0.29) is 0 Å². The van der Waals surface area contributed by atoms with E-state index in [9.17, 15) is 0 Å². The lowest BCUT2D eigenvalue weighted by atomic mass is 9.98. The van der Waals surface area contributed by atoms with Crippen LogP contribution >= 0.6 is 0 Å². The Bertz CT molecular complexity index is 3190. The van der Waals surface area contributed by atoms with Gasteiger partial charge in [0.25, 0.3) is 0 Å². The molecule has 0 spiro atoms. The molecule has 0 unspecified atom stereocenters. The lowest BCUT2D eigenvalue weighted by Gasteiger charge is -2.12. The molecule has 0 radical (unpaired) electrons. The predicted octanol–water partition coefficient (Wildman–Crippen LogP) is 14.7. The Morgan fingerprint density at radius 1 is 0.298 bits per heavy atom. The first-order valence-corrected chi connectivity index (χ1v) is 20.2. The number of allylic oxidation sites excluding steroid dienone is 8. The van der Waals surface area contributed by atoms with Gasteiger partial charge in [0, 0.05) is 49.4 Å². The zero-order valence-electron chi connectivity index (χ0n) is 31.6. The molecule has 3 heteroatoms. The minimum Gasteiger partial charge on any atom is -0.310 e. The van der Waals surface area contributed by atoms with E-state index in [0.717, 1.165) is 25.7 Å². The van der Waals surface area contributed by atoms with E-state index in [4.69, 9.17) is 0 Å². The van der Waals surface area contributed by atoms with Crippen LogP contribution in [0.5, 0.6) is 0 Å². The van der Waals surface area contributed by atoms with Crippen molar-refractivity contribution in [3.8, 4) is 27.9 Å². The lowest BCUT2D eigenvalue weighted by molar-refractivity contribution is 1.02. The van der Waals surface area contributed by atoms with E-state index in [0.29, 0.717) is 0 Å². The Hall–Kier alpha value is -7.10. The predicted molar refractivity (Wildman–Crippen MR) is 243 cm³/mol. The van der Waals surface area contributed by atoms with E-state index < -0.39 is 0 Å². The zero-order valence-corrected chi connectivity index (χ0v) is 31.6. The summed E-state index contributed by atoms with van der Waals surface area (Å²) in [5.74, 6) is 0. The van der Waals surface area contributed by atoms with Crippen molar-refractivity contribution in [1.82, 2.24) is 13.7 Å². The fraction of sp³-hybridized carbons (Fsp3) is 0.0741. The third-order valence-corrected chi connectivity index (χ3v) is 12.3. The fourth-order valence-electron chi connectivity index (χ4n) is 9.63. The normalized spacial score (nSPS) is 14.5. The monoisotopic (exact) mass is 729 g/mol. The quantitative estimate of drug-likeness (QED) is 0.168. The zero-order chi connectivity index (χ0) is 37.5.